The Hall–Kier alpha value is -1.64. The minimum Gasteiger partial charge on any atom is -0.323 e. The van der Waals surface area contributed by atoms with Crippen LogP contribution < -0.4 is 5.73 Å². The van der Waals surface area contributed by atoms with Crippen LogP contribution in [0.5, 0.6) is 0 Å². The maximum Gasteiger partial charge on any atom is 0.0450 e. The van der Waals surface area contributed by atoms with Crippen molar-refractivity contribution < 1.29 is 0 Å². The van der Waals surface area contributed by atoms with Crippen LogP contribution in [0.2, 0.25) is 0 Å². The molecule has 2 nitrogen and oxygen atoms in total. The first kappa shape index (κ1) is 14.8. The highest BCUT2D eigenvalue weighted by molar-refractivity contribution is 5.20. The first-order chi connectivity index (χ1) is 9.68. The Morgan fingerprint density at radius 3 is 2.10 bits per heavy atom. The van der Waals surface area contributed by atoms with E-state index in [1.165, 1.54) is 11.1 Å². The van der Waals surface area contributed by atoms with E-state index in [1.54, 1.807) is 0 Å². The van der Waals surface area contributed by atoms with Gasteiger partial charge in [-0.3, -0.25) is 0 Å². The van der Waals surface area contributed by atoms with Gasteiger partial charge in [0.2, 0.25) is 0 Å². The maximum atomic E-state index is 6.37. The summed E-state index contributed by atoms with van der Waals surface area (Å²) in [5.74, 6) is 0. The van der Waals surface area contributed by atoms with Gasteiger partial charge in [-0.25, -0.2) is 0 Å². The van der Waals surface area contributed by atoms with Crippen molar-refractivity contribution in [2.75, 3.05) is 13.6 Å². The molecule has 2 aromatic carbocycles. The molecule has 0 fully saturated rings. The van der Waals surface area contributed by atoms with E-state index < -0.39 is 0 Å². The average Bonchev–Trinajstić information content (AvgIpc) is 2.53. The minimum absolute atomic E-state index is 0.0528. The molecule has 0 aliphatic heterocycles. The second-order valence-electron chi connectivity index (χ2n) is 5.39. The first-order valence-electron chi connectivity index (χ1n) is 7.23. The van der Waals surface area contributed by atoms with Gasteiger partial charge < -0.3 is 10.6 Å². The van der Waals surface area contributed by atoms with Gasteiger partial charge in [-0.1, -0.05) is 60.7 Å². The number of nitrogens with two attached hydrogens (primary N) is 1. The zero-order valence-corrected chi connectivity index (χ0v) is 12.4. The van der Waals surface area contributed by atoms with E-state index >= 15 is 0 Å². The van der Waals surface area contributed by atoms with Gasteiger partial charge in [-0.05, 0) is 31.5 Å². The lowest BCUT2D eigenvalue weighted by molar-refractivity contribution is 0.229. The second kappa shape index (κ2) is 7.22. The van der Waals surface area contributed by atoms with Crippen molar-refractivity contribution in [2.45, 2.75) is 25.4 Å². The van der Waals surface area contributed by atoms with Gasteiger partial charge in [0.25, 0.3) is 0 Å². The van der Waals surface area contributed by atoms with Crippen molar-refractivity contribution in [3.05, 3.63) is 71.8 Å². The molecule has 2 atom stereocenters. The Morgan fingerprint density at radius 1 is 0.950 bits per heavy atom. The molecule has 0 bridgehead atoms. The van der Waals surface area contributed by atoms with Gasteiger partial charge in [0.05, 0.1) is 0 Å². The zero-order chi connectivity index (χ0) is 14.4. The van der Waals surface area contributed by atoms with Gasteiger partial charge in [0.15, 0.2) is 0 Å². The van der Waals surface area contributed by atoms with Crippen LogP contribution in [0.15, 0.2) is 60.7 Å². The SMILES string of the molecule is CC(C(N)c1ccccc1)N(C)CCc1ccccc1. The normalized spacial score (nSPS) is 14.2. The third-order valence-electron chi connectivity index (χ3n) is 4.00. The number of nitrogens with zero attached hydrogens (tertiary/aromatic N) is 1. The van der Waals surface area contributed by atoms with Crippen molar-refractivity contribution in [3.8, 4) is 0 Å². The molecule has 2 heteroatoms. The summed E-state index contributed by atoms with van der Waals surface area (Å²) in [6.45, 7) is 3.22. The maximum absolute atomic E-state index is 6.37. The van der Waals surface area contributed by atoms with Crippen LogP contribution in [0.3, 0.4) is 0 Å². The van der Waals surface area contributed by atoms with E-state index in [0.717, 1.165) is 13.0 Å². The van der Waals surface area contributed by atoms with Crippen molar-refractivity contribution >= 4 is 0 Å². The summed E-state index contributed by atoms with van der Waals surface area (Å²) >= 11 is 0. The van der Waals surface area contributed by atoms with E-state index in [0.29, 0.717) is 6.04 Å². The van der Waals surface area contributed by atoms with E-state index in [9.17, 15) is 0 Å². The molecule has 20 heavy (non-hydrogen) atoms. The first-order valence-corrected chi connectivity index (χ1v) is 7.23. The van der Waals surface area contributed by atoms with Crippen LogP contribution in [-0.2, 0) is 6.42 Å². The summed E-state index contributed by atoms with van der Waals surface area (Å²) < 4.78 is 0. The largest absolute Gasteiger partial charge is 0.323 e. The van der Waals surface area contributed by atoms with Crippen molar-refractivity contribution in [3.63, 3.8) is 0 Å². The number of hydrogen-bond acceptors (Lipinski definition) is 2. The predicted octanol–water partition coefficient (Wildman–Crippen LogP) is 3.25. The summed E-state index contributed by atoms with van der Waals surface area (Å²) in [6.07, 6.45) is 1.06. The molecule has 2 N–H and O–H groups in total. The number of hydrogen-bond donors (Lipinski definition) is 1. The van der Waals surface area contributed by atoms with Crippen LogP contribution >= 0.6 is 0 Å². The summed E-state index contributed by atoms with van der Waals surface area (Å²) in [5, 5.41) is 0. The standard InChI is InChI=1S/C18H24N2/c1-15(18(19)17-11-7-4-8-12-17)20(2)14-13-16-9-5-3-6-10-16/h3-12,15,18H,13-14,19H2,1-2H3. The Morgan fingerprint density at radius 2 is 1.50 bits per heavy atom. The van der Waals surface area contributed by atoms with Crippen molar-refractivity contribution in [1.29, 1.82) is 0 Å². The highest BCUT2D eigenvalue weighted by Gasteiger charge is 2.18. The molecule has 2 unspecified atom stereocenters. The van der Waals surface area contributed by atoms with Crippen molar-refractivity contribution in [2.24, 2.45) is 5.73 Å². The highest BCUT2D eigenvalue weighted by Crippen LogP contribution is 2.17. The highest BCUT2D eigenvalue weighted by atomic mass is 15.1. The molecule has 0 amide bonds. The van der Waals surface area contributed by atoms with Gasteiger partial charge >= 0.3 is 0 Å². The Kier molecular flexibility index (Phi) is 5.33. The van der Waals surface area contributed by atoms with Crippen LogP contribution in [0.1, 0.15) is 24.1 Å². The van der Waals surface area contributed by atoms with Crippen molar-refractivity contribution in [1.82, 2.24) is 4.90 Å². The van der Waals surface area contributed by atoms with E-state index in [-0.39, 0.29) is 6.04 Å². The molecular formula is C18H24N2. The molecule has 0 aromatic heterocycles. The summed E-state index contributed by atoms with van der Waals surface area (Å²) in [6, 6.07) is 21.3. The van der Waals surface area contributed by atoms with E-state index in [1.807, 2.05) is 18.2 Å². The molecule has 0 spiro atoms. The molecule has 0 aliphatic rings. The third kappa shape index (κ3) is 3.92. The van der Waals surface area contributed by atoms with Gasteiger partial charge in [-0.15, -0.1) is 0 Å². The molecular weight excluding hydrogens is 244 g/mol. The topological polar surface area (TPSA) is 29.3 Å². The fourth-order valence-electron chi connectivity index (χ4n) is 2.38. The lowest BCUT2D eigenvalue weighted by Crippen LogP contribution is -2.39. The van der Waals surface area contributed by atoms with Crippen LogP contribution in [0.25, 0.3) is 0 Å². The predicted molar refractivity (Wildman–Crippen MR) is 85.6 cm³/mol. The Balaban J connectivity index is 1.90. The quantitative estimate of drug-likeness (QED) is 0.871. The molecule has 0 aliphatic carbocycles. The van der Waals surface area contributed by atoms with Gasteiger partial charge in [0.1, 0.15) is 0 Å². The Labute approximate surface area is 122 Å². The number of rotatable bonds is 6. The lowest BCUT2D eigenvalue weighted by atomic mass is 10.00. The summed E-state index contributed by atoms with van der Waals surface area (Å²) in [7, 11) is 2.15. The smallest absolute Gasteiger partial charge is 0.0450 e. The average molecular weight is 268 g/mol. The Bertz CT molecular complexity index is 495. The summed E-state index contributed by atoms with van der Waals surface area (Å²) in [4.78, 5) is 2.34. The third-order valence-corrected chi connectivity index (χ3v) is 4.00. The van der Waals surface area contributed by atoms with E-state index in [4.69, 9.17) is 5.73 Å². The monoisotopic (exact) mass is 268 g/mol. The number of likely N-dealkylation sites (N-methyl/N-ethyl adjacent to an activating group) is 1. The molecule has 106 valence electrons. The number of benzene rings is 2. The second-order valence-corrected chi connectivity index (χ2v) is 5.39. The fraction of sp³-hybridized carbons (Fsp3) is 0.333. The van der Waals surface area contributed by atoms with Crippen LogP contribution in [-0.4, -0.2) is 24.5 Å². The van der Waals surface area contributed by atoms with Gasteiger partial charge in [0, 0.05) is 18.6 Å². The van der Waals surface area contributed by atoms with Gasteiger partial charge in [-0.2, -0.15) is 0 Å². The van der Waals surface area contributed by atoms with Crippen LogP contribution in [0.4, 0.5) is 0 Å². The zero-order valence-electron chi connectivity index (χ0n) is 12.4. The summed E-state index contributed by atoms with van der Waals surface area (Å²) in [5.41, 5.74) is 8.94. The molecule has 0 saturated carbocycles. The molecule has 2 rings (SSSR count). The molecule has 0 radical (unpaired) electrons. The van der Waals surface area contributed by atoms with E-state index in [2.05, 4.69) is 61.3 Å². The molecule has 0 heterocycles. The minimum atomic E-state index is 0.0528. The lowest BCUT2D eigenvalue weighted by Gasteiger charge is -2.30. The molecule has 0 saturated heterocycles. The molecule has 2 aromatic rings. The van der Waals surface area contributed by atoms with Crippen LogP contribution in [0, 0.1) is 0 Å². The fourth-order valence-corrected chi connectivity index (χ4v) is 2.38.